The lowest BCUT2D eigenvalue weighted by Crippen LogP contribution is -2.15. The molecule has 4 aromatic rings. The SMILES string of the molecule is O=C(Nc1cc([N+](=O)[O-])ccc1-c1nc2ccccc2s1)c1ccc([N+](=O)[O-])cc1[N+](=O)[O-]. The zero-order valence-electron chi connectivity index (χ0n) is 16.3. The van der Waals surface area contributed by atoms with E-state index in [-0.39, 0.29) is 11.4 Å². The molecule has 3 aromatic carbocycles. The number of thiazole rings is 1. The Morgan fingerprint density at radius 3 is 2.18 bits per heavy atom. The van der Waals surface area contributed by atoms with E-state index in [0.717, 1.165) is 22.9 Å². The molecule has 1 aromatic heterocycles. The molecule has 0 bridgehead atoms. The van der Waals surface area contributed by atoms with Crippen LogP contribution in [0.4, 0.5) is 22.7 Å². The van der Waals surface area contributed by atoms with E-state index < -0.39 is 37.6 Å². The summed E-state index contributed by atoms with van der Waals surface area (Å²) < 4.78 is 0.856. The molecule has 1 amide bonds. The van der Waals surface area contributed by atoms with Gasteiger partial charge in [0.1, 0.15) is 10.6 Å². The van der Waals surface area contributed by atoms with Crippen LogP contribution in [0.3, 0.4) is 0 Å². The van der Waals surface area contributed by atoms with Gasteiger partial charge in [-0.05, 0) is 24.3 Å². The number of hydrogen-bond acceptors (Lipinski definition) is 9. The highest BCUT2D eigenvalue weighted by atomic mass is 32.1. The Bertz CT molecular complexity index is 1430. The van der Waals surface area contributed by atoms with Gasteiger partial charge >= 0.3 is 0 Å². The van der Waals surface area contributed by atoms with Crippen LogP contribution < -0.4 is 5.32 Å². The number of rotatable bonds is 6. The Kier molecular flexibility index (Phi) is 5.46. The number of benzene rings is 3. The quantitative estimate of drug-likeness (QED) is 0.308. The van der Waals surface area contributed by atoms with Gasteiger partial charge in [-0.2, -0.15) is 0 Å². The number of nitro groups is 3. The Morgan fingerprint density at radius 1 is 0.848 bits per heavy atom. The van der Waals surface area contributed by atoms with Crippen molar-refractivity contribution in [3.05, 3.63) is 96.6 Å². The lowest BCUT2D eigenvalue weighted by atomic mass is 10.1. The van der Waals surface area contributed by atoms with Crippen LogP contribution in [0.2, 0.25) is 0 Å². The third-order valence-corrected chi connectivity index (χ3v) is 5.69. The molecule has 0 unspecified atom stereocenters. The van der Waals surface area contributed by atoms with Gasteiger partial charge in [0.15, 0.2) is 0 Å². The normalized spacial score (nSPS) is 10.7. The fourth-order valence-corrected chi connectivity index (χ4v) is 4.09. The molecule has 1 N–H and O–H groups in total. The zero-order valence-corrected chi connectivity index (χ0v) is 17.1. The molecular formula is C20H11N5O7S. The van der Waals surface area contributed by atoms with Crippen molar-refractivity contribution in [2.45, 2.75) is 0 Å². The summed E-state index contributed by atoms with van der Waals surface area (Å²) in [6, 6.07) is 13.7. The molecule has 164 valence electrons. The Balaban J connectivity index is 1.79. The van der Waals surface area contributed by atoms with E-state index in [1.807, 2.05) is 12.1 Å². The van der Waals surface area contributed by atoms with Gasteiger partial charge in [0.2, 0.25) is 0 Å². The number of para-hydroxylation sites is 1. The van der Waals surface area contributed by atoms with Gasteiger partial charge in [-0.1, -0.05) is 12.1 Å². The maximum Gasteiger partial charge on any atom is 0.289 e. The average Bonchev–Trinajstić information content (AvgIpc) is 3.22. The van der Waals surface area contributed by atoms with Crippen LogP contribution in [-0.4, -0.2) is 25.7 Å². The van der Waals surface area contributed by atoms with E-state index >= 15 is 0 Å². The summed E-state index contributed by atoms with van der Waals surface area (Å²) in [5.74, 6) is -0.959. The molecule has 0 atom stereocenters. The second-order valence-corrected chi connectivity index (χ2v) is 7.67. The number of nitrogens with zero attached hydrogens (tertiary/aromatic N) is 4. The highest BCUT2D eigenvalue weighted by Crippen LogP contribution is 2.37. The summed E-state index contributed by atoms with van der Waals surface area (Å²) in [6.45, 7) is 0. The largest absolute Gasteiger partial charge is 0.321 e. The highest BCUT2D eigenvalue weighted by molar-refractivity contribution is 7.21. The first kappa shape index (κ1) is 21.5. The minimum Gasteiger partial charge on any atom is -0.321 e. The summed E-state index contributed by atoms with van der Waals surface area (Å²) >= 11 is 1.30. The van der Waals surface area contributed by atoms with Crippen LogP contribution in [-0.2, 0) is 0 Å². The van der Waals surface area contributed by atoms with Crippen molar-refractivity contribution in [3.8, 4) is 10.6 Å². The first-order valence-electron chi connectivity index (χ1n) is 9.13. The van der Waals surface area contributed by atoms with Crippen molar-refractivity contribution in [3.63, 3.8) is 0 Å². The van der Waals surface area contributed by atoms with Gasteiger partial charge in [-0.15, -0.1) is 11.3 Å². The van der Waals surface area contributed by atoms with Gasteiger partial charge < -0.3 is 5.32 Å². The van der Waals surface area contributed by atoms with Crippen molar-refractivity contribution in [2.24, 2.45) is 0 Å². The number of fused-ring (bicyclic) bond motifs is 1. The molecule has 13 heteroatoms. The van der Waals surface area contributed by atoms with Crippen molar-refractivity contribution in [1.29, 1.82) is 0 Å². The van der Waals surface area contributed by atoms with Crippen molar-refractivity contribution >= 4 is 50.2 Å². The van der Waals surface area contributed by atoms with Gasteiger partial charge in [0.05, 0.1) is 36.7 Å². The van der Waals surface area contributed by atoms with Gasteiger partial charge in [-0.25, -0.2) is 4.98 Å². The van der Waals surface area contributed by atoms with E-state index in [1.165, 1.54) is 23.5 Å². The first-order valence-corrected chi connectivity index (χ1v) is 9.95. The molecule has 33 heavy (non-hydrogen) atoms. The predicted octanol–water partition coefficient (Wildman–Crippen LogP) is 4.94. The number of amides is 1. The number of nitrogens with one attached hydrogen (secondary N) is 1. The summed E-state index contributed by atoms with van der Waals surface area (Å²) in [7, 11) is 0. The smallest absolute Gasteiger partial charge is 0.289 e. The van der Waals surface area contributed by atoms with Crippen LogP contribution in [0, 0.1) is 30.3 Å². The van der Waals surface area contributed by atoms with Gasteiger partial charge in [0.25, 0.3) is 23.0 Å². The number of anilines is 1. The molecule has 1 heterocycles. The third-order valence-electron chi connectivity index (χ3n) is 4.62. The summed E-state index contributed by atoms with van der Waals surface area (Å²) in [4.78, 5) is 48.6. The molecule has 0 saturated heterocycles. The number of carbonyl (C=O) groups excluding carboxylic acids is 1. The highest BCUT2D eigenvalue weighted by Gasteiger charge is 2.25. The fraction of sp³-hybridized carbons (Fsp3) is 0. The Labute approximate surface area is 187 Å². The van der Waals surface area contributed by atoms with E-state index in [2.05, 4.69) is 10.3 Å². The molecule has 4 rings (SSSR count). The van der Waals surface area contributed by atoms with Crippen LogP contribution in [0.1, 0.15) is 10.4 Å². The van der Waals surface area contributed by atoms with E-state index in [0.29, 0.717) is 22.2 Å². The summed E-state index contributed by atoms with van der Waals surface area (Å²) in [5, 5.41) is 36.5. The van der Waals surface area contributed by atoms with Crippen molar-refractivity contribution in [1.82, 2.24) is 4.98 Å². The number of nitro benzene ring substituents is 3. The molecule has 0 radical (unpaired) electrons. The number of hydrogen-bond donors (Lipinski definition) is 1. The molecular weight excluding hydrogens is 454 g/mol. The standard InChI is InChI=1S/C20H11N5O7S/c26-19(14-8-6-12(24(29)30)10-17(14)25(31)32)21-16-9-11(23(27)28)5-7-13(16)20-22-15-3-1-2-4-18(15)33-20/h1-10H,(H,21,26). The molecule has 0 aliphatic rings. The van der Waals surface area contributed by atoms with Crippen molar-refractivity contribution in [2.75, 3.05) is 5.32 Å². The van der Waals surface area contributed by atoms with E-state index in [9.17, 15) is 35.1 Å². The minimum atomic E-state index is -0.959. The van der Waals surface area contributed by atoms with Gasteiger partial charge in [0, 0.05) is 23.8 Å². The molecule has 0 spiro atoms. The molecule has 0 aliphatic carbocycles. The van der Waals surface area contributed by atoms with Crippen LogP contribution in [0.5, 0.6) is 0 Å². The number of aromatic nitrogens is 1. The van der Waals surface area contributed by atoms with Crippen LogP contribution in [0.25, 0.3) is 20.8 Å². The van der Waals surface area contributed by atoms with Crippen LogP contribution >= 0.6 is 11.3 Å². The van der Waals surface area contributed by atoms with Crippen LogP contribution in [0.15, 0.2) is 60.7 Å². The summed E-state index contributed by atoms with van der Waals surface area (Å²) in [6.07, 6.45) is 0. The summed E-state index contributed by atoms with van der Waals surface area (Å²) in [5.41, 5.74) is -0.988. The molecule has 0 saturated carbocycles. The second kappa shape index (κ2) is 8.39. The number of non-ortho nitro benzene ring substituents is 2. The van der Waals surface area contributed by atoms with E-state index in [4.69, 9.17) is 0 Å². The predicted molar refractivity (Wildman–Crippen MR) is 119 cm³/mol. The van der Waals surface area contributed by atoms with E-state index in [1.54, 1.807) is 12.1 Å². The third kappa shape index (κ3) is 4.20. The zero-order chi connectivity index (χ0) is 23.7. The number of carbonyl (C=O) groups is 1. The average molecular weight is 465 g/mol. The van der Waals surface area contributed by atoms with Crippen molar-refractivity contribution < 1.29 is 19.6 Å². The maximum absolute atomic E-state index is 12.9. The maximum atomic E-state index is 12.9. The lowest BCUT2D eigenvalue weighted by molar-refractivity contribution is -0.394. The Hall–Kier alpha value is -4.78. The fourth-order valence-electron chi connectivity index (χ4n) is 3.09. The topological polar surface area (TPSA) is 171 Å². The lowest BCUT2D eigenvalue weighted by Gasteiger charge is -2.10. The molecule has 0 aliphatic heterocycles. The Morgan fingerprint density at radius 2 is 1.52 bits per heavy atom. The monoisotopic (exact) mass is 465 g/mol. The second-order valence-electron chi connectivity index (χ2n) is 6.64. The molecule has 0 fully saturated rings. The first-order chi connectivity index (χ1) is 15.7. The molecule has 12 nitrogen and oxygen atoms in total. The van der Waals surface area contributed by atoms with Gasteiger partial charge in [-0.3, -0.25) is 35.1 Å². The minimum absolute atomic E-state index is 0.0147.